The Bertz CT molecular complexity index is 1060. The number of anilines is 1. The predicted molar refractivity (Wildman–Crippen MR) is 137 cm³/mol. The molecule has 1 aliphatic heterocycles. The van der Waals surface area contributed by atoms with Crippen molar-refractivity contribution in [1.29, 1.82) is 0 Å². The molecule has 176 valence electrons. The van der Waals surface area contributed by atoms with E-state index < -0.39 is 11.6 Å². The molecule has 6 nitrogen and oxygen atoms in total. The fraction of sp³-hybridized carbons (Fsp3) is 0.333. The number of nitrogens with one attached hydrogen (secondary N) is 2. The molecule has 0 bridgehead atoms. The third kappa shape index (κ3) is 6.66. The molecule has 1 aromatic heterocycles. The number of aromatic nitrogens is 1. The Hall–Kier alpha value is -2.69. The molecule has 2 N–H and O–H groups in total. The first-order valence-electron chi connectivity index (χ1n) is 10.8. The van der Waals surface area contributed by atoms with Crippen LogP contribution in [0.3, 0.4) is 0 Å². The number of guanidine groups is 1. The van der Waals surface area contributed by atoms with Gasteiger partial charge >= 0.3 is 0 Å². The lowest BCUT2D eigenvalue weighted by atomic mass is 10.1. The van der Waals surface area contributed by atoms with Crippen molar-refractivity contribution in [3.05, 3.63) is 72.1 Å². The Labute approximate surface area is 209 Å². The fourth-order valence-corrected chi connectivity index (χ4v) is 3.75. The normalized spacial score (nSPS) is 15.9. The van der Waals surface area contributed by atoms with Crippen molar-refractivity contribution >= 4 is 35.6 Å². The van der Waals surface area contributed by atoms with Crippen molar-refractivity contribution in [2.24, 2.45) is 10.9 Å². The van der Waals surface area contributed by atoms with Gasteiger partial charge in [-0.2, -0.15) is 0 Å². The van der Waals surface area contributed by atoms with Crippen LogP contribution in [0.15, 0.2) is 64.2 Å². The zero-order valence-corrected chi connectivity index (χ0v) is 20.8. The molecule has 4 rings (SSSR count). The lowest BCUT2D eigenvalue weighted by Gasteiger charge is -2.19. The maximum atomic E-state index is 13.5. The third-order valence-corrected chi connectivity index (χ3v) is 5.43. The van der Waals surface area contributed by atoms with Crippen LogP contribution in [-0.4, -0.2) is 37.1 Å². The van der Waals surface area contributed by atoms with E-state index in [1.807, 2.05) is 37.3 Å². The molecule has 0 radical (unpaired) electrons. The molecule has 3 aromatic rings. The molecule has 1 aliphatic rings. The number of aliphatic imine (C=N–C) groups is 1. The van der Waals surface area contributed by atoms with Gasteiger partial charge < -0.3 is 20.0 Å². The Morgan fingerprint density at radius 1 is 1.15 bits per heavy atom. The highest BCUT2D eigenvalue weighted by Crippen LogP contribution is 2.25. The number of benzene rings is 2. The highest BCUT2D eigenvalue weighted by Gasteiger charge is 2.23. The van der Waals surface area contributed by atoms with E-state index in [1.54, 1.807) is 12.3 Å². The average molecular weight is 567 g/mol. The lowest BCUT2D eigenvalue weighted by Crippen LogP contribution is -2.40. The highest BCUT2D eigenvalue weighted by molar-refractivity contribution is 14.0. The van der Waals surface area contributed by atoms with Crippen LogP contribution in [0.1, 0.15) is 19.0 Å². The molecular weight excluding hydrogens is 539 g/mol. The first-order valence-corrected chi connectivity index (χ1v) is 10.8. The van der Waals surface area contributed by atoms with Gasteiger partial charge in [-0.25, -0.2) is 18.8 Å². The Morgan fingerprint density at radius 2 is 1.97 bits per heavy atom. The minimum atomic E-state index is -0.819. The smallest absolute Gasteiger partial charge is 0.226 e. The molecule has 0 amide bonds. The fourth-order valence-electron chi connectivity index (χ4n) is 3.75. The van der Waals surface area contributed by atoms with Crippen molar-refractivity contribution in [2.45, 2.75) is 19.9 Å². The van der Waals surface area contributed by atoms with Crippen LogP contribution in [0.2, 0.25) is 0 Å². The van der Waals surface area contributed by atoms with Gasteiger partial charge in [-0.3, -0.25) is 0 Å². The summed E-state index contributed by atoms with van der Waals surface area (Å²) in [7, 11) is 0. The summed E-state index contributed by atoms with van der Waals surface area (Å²) in [6, 6.07) is 13.8. The molecule has 2 aromatic carbocycles. The van der Waals surface area contributed by atoms with E-state index in [-0.39, 0.29) is 24.0 Å². The summed E-state index contributed by atoms with van der Waals surface area (Å²) in [4.78, 5) is 11.2. The minimum Gasteiger partial charge on any atom is -0.444 e. The maximum Gasteiger partial charge on any atom is 0.226 e. The third-order valence-electron chi connectivity index (χ3n) is 5.43. The molecule has 0 aliphatic carbocycles. The number of hydrogen-bond donors (Lipinski definition) is 2. The molecule has 33 heavy (non-hydrogen) atoms. The molecule has 1 fully saturated rings. The molecular formula is C24H28F2IN5O. The van der Waals surface area contributed by atoms with Crippen LogP contribution >= 0.6 is 24.0 Å². The summed E-state index contributed by atoms with van der Waals surface area (Å²) in [6.07, 6.45) is 2.60. The maximum absolute atomic E-state index is 13.5. The van der Waals surface area contributed by atoms with Crippen molar-refractivity contribution in [3.8, 4) is 11.5 Å². The van der Waals surface area contributed by atoms with Crippen LogP contribution in [0.25, 0.3) is 11.5 Å². The second-order valence-electron chi connectivity index (χ2n) is 7.79. The van der Waals surface area contributed by atoms with Crippen LogP contribution in [0.5, 0.6) is 0 Å². The zero-order valence-electron chi connectivity index (χ0n) is 18.4. The summed E-state index contributed by atoms with van der Waals surface area (Å²) < 4.78 is 32.3. The summed E-state index contributed by atoms with van der Waals surface area (Å²) in [5.74, 6) is 0.0401. The Balaban J connectivity index is 0.00000306. The standard InChI is InChI=1S/C24H27F2N5O.HI/c1-2-27-24(29-14-19-16-32-23(30-19)18-6-4-3-5-7-18)28-13-17-10-11-31(15-17)20-8-9-21(25)22(26)12-20;/h3-9,12,16-17H,2,10-11,13-15H2,1H3,(H2,27,28,29);1H. The Kier molecular flexibility index (Phi) is 9.04. The molecule has 1 saturated heterocycles. The summed E-state index contributed by atoms with van der Waals surface area (Å²) in [5.41, 5.74) is 2.40. The number of halogens is 3. The largest absolute Gasteiger partial charge is 0.444 e. The number of rotatable bonds is 7. The van der Waals surface area contributed by atoms with E-state index in [4.69, 9.17) is 4.42 Å². The highest BCUT2D eigenvalue weighted by atomic mass is 127. The van der Waals surface area contributed by atoms with Crippen LogP contribution in [-0.2, 0) is 6.54 Å². The van der Waals surface area contributed by atoms with E-state index in [0.29, 0.717) is 30.0 Å². The van der Waals surface area contributed by atoms with Gasteiger partial charge in [-0.05, 0) is 43.5 Å². The van der Waals surface area contributed by atoms with E-state index in [9.17, 15) is 8.78 Å². The SMILES string of the molecule is CCNC(=NCc1coc(-c2ccccc2)n1)NCC1CCN(c2ccc(F)c(F)c2)C1.I. The topological polar surface area (TPSA) is 65.7 Å². The van der Waals surface area contributed by atoms with E-state index in [2.05, 4.69) is 25.5 Å². The predicted octanol–water partition coefficient (Wildman–Crippen LogP) is 4.82. The number of oxazole rings is 1. The number of nitrogens with zero attached hydrogens (tertiary/aromatic N) is 3. The van der Waals surface area contributed by atoms with Gasteiger partial charge in [0.05, 0.1) is 6.54 Å². The van der Waals surface area contributed by atoms with Crippen LogP contribution in [0.4, 0.5) is 14.5 Å². The second-order valence-corrected chi connectivity index (χ2v) is 7.79. The first-order chi connectivity index (χ1) is 15.6. The second kappa shape index (κ2) is 12.0. The Morgan fingerprint density at radius 3 is 2.73 bits per heavy atom. The lowest BCUT2D eigenvalue weighted by molar-refractivity contribution is 0.508. The summed E-state index contributed by atoms with van der Waals surface area (Å²) in [6.45, 7) is 5.48. The van der Waals surface area contributed by atoms with Gasteiger partial charge in [0.15, 0.2) is 17.6 Å². The molecule has 2 heterocycles. The van der Waals surface area contributed by atoms with Crippen LogP contribution in [0, 0.1) is 17.6 Å². The van der Waals surface area contributed by atoms with E-state index >= 15 is 0 Å². The van der Waals surface area contributed by atoms with E-state index in [0.717, 1.165) is 43.9 Å². The van der Waals surface area contributed by atoms with Crippen molar-refractivity contribution < 1.29 is 13.2 Å². The van der Waals surface area contributed by atoms with Gasteiger partial charge in [0.25, 0.3) is 0 Å². The van der Waals surface area contributed by atoms with Gasteiger partial charge in [0.2, 0.25) is 5.89 Å². The molecule has 1 atom stereocenters. The molecule has 9 heteroatoms. The van der Waals surface area contributed by atoms with Crippen molar-refractivity contribution in [3.63, 3.8) is 0 Å². The van der Waals surface area contributed by atoms with Gasteiger partial charge in [-0.15, -0.1) is 24.0 Å². The molecule has 0 spiro atoms. The van der Waals surface area contributed by atoms with E-state index in [1.165, 1.54) is 12.1 Å². The number of hydrogen-bond acceptors (Lipinski definition) is 4. The summed E-state index contributed by atoms with van der Waals surface area (Å²) >= 11 is 0. The van der Waals surface area contributed by atoms with Crippen LogP contribution < -0.4 is 15.5 Å². The minimum absolute atomic E-state index is 0. The zero-order chi connectivity index (χ0) is 22.3. The van der Waals surface area contributed by atoms with Crippen molar-refractivity contribution in [2.75, 3.05) is 31.1 Å². The van der Waals surface area contributed by atoms with Gasteiger partial charge in [-0.1, -0.05) is 18.2 Å². The monoisotopic (exact) mass is 567 g/mol. The van der Waals surface area contributed by atoms with Gasteiger partial charge in [0.1, 0.15) is 12.0 Å². The van der Waals surface area contributed by atoms with Gasteiger partial charge in [0, 0.05) is 43.5 Å². The molecule has 1 unspecified atom stereocenters. The summed E-state index contributed by atoms with van der Waals surface area (Å²) in [5, 5.41) is 6.63. The first kappa shape index (κ1) is 24.9. The average Bonchev–Trinajstić information content (AvgIpc) is 3.48. The van der Waals surface area contributed by atoms with Crippen molar-refractivity contribution in [1.82, 2.24) is 15.6 Å². The molecule has 0 saturated carbocycles. The quantitative estimate of drug-likeness (QED) is 0.244.